The van der Waals surface area contributed by atoms with Crippen LogP contribution in [0.2, 0.25) is 5.02 Å². The quantitative estimate of drug-likeness (QED) is 0.806. The lowest BCUT2D eigenvalue weighted by Crippen LogP contribution is -2.45. The molecule has 1 aromatic heterocycles. The summed E-state index contributed by atoms with van der Waals surface area (Å²) in [6.45, 7) is 3.52. The number of carbonyl (C=O) groups is 1. The van der Waals surface area contributed by atoms with Crippen molar-refractivity contribution in [3.63, 3.8) is 0 Å². The number of benzene rings is 1. The van der Waals surface area contributed by atoms with E-state index in [-0.39, 0.29) is 5.92 Å². The molecule has 0 spiro atoms. The van der Waals surface area contributed by atoms with Crippen molar-refractivity contribution in [3.05, 3.63) is 29.4 Å². The van der Waals surface area contributed by atoms with Crippen LogP contribution in [-0.4, -0.2) is 58.5 Å². The average Bonchev–Trinajstić information content (AvgIpc) is 2.68. The highest BCUT2D eigenvalue weighted by atomic mass is 35.5. The first-order chi connectivity index (χ1) is 12.2. The molecular weight excluding hydrogens is 356 g/mol. The predicted octanol–water partition coefficient (Wildman–Crippen LogP) is 3.08. The Labute approximate surface area is 156 Å². The van der Waals surface area contributed by atoms with E-state index >= 15 is 0 Å². The maximum absolute atomic E-state index is 12.7. The van der Waals surface area contributed by atoms with Crippen LogP contribution in [0.15, 0.2) is 24.4 Å². The van der Waals surface area contributed by atoms with Crippen molar-refractivity contribution >= 4 is 46.1 Å². The van der Waals surface area contributed by atoms with Crippen molar-refractivity contribution in [2.75, 3.05) is 42.6 Å². The van der Waals surface area contributed by atoms with Crippen LogP contribution >= 0.6 is 23.4 Å². The first-order valence-corrected chi connectivity index (χ1v) is 10.3. The number of anilines is 1. The minimum atomic E-state index is 0.159. The average molecular weight is 377 g/mol. The van der Waals surface area contributed by atoms with E-state index in [1.54, 1.807) is 0 Å². The maximum atomic E-state index is 12.7. The zero-order valence-electron chi connectivity index (χ0n) is 14.0. The van der Waals surface area contributed by atoms with Gasteiger partial charge in [-0.05, 0) is 31.0 Å². The van der Waals surface area contributed by atoms with Crippen molar-refractivity contribution in [1.82, 2.24) is 14.9 Å². The Morgan fingerprint density at radius 3 is 2.64 bits per heavy atom. The zero-order chi connectivity index (χ0) is 17.2. The van der Waals surface area contributed by atoms with Crippen LogP contribution in [0.3, 0.4) is 0 Å². The molecule has 2 fully saturated rings. The molecule has 1 aromatic carbocycles. The van der Waals surface area contributed by atoms with Crippen molar-refractivity contribution in [2.24, 2.45) is 5.92 Å². The van der Waals surface area contributed by atoms with Crippen LogP contribution in [0.5, 0.6) is 0 Å². The van der Waals surface area contributed by atoms with E-state index in [0.29, 0.717) is 10.9 Å². The SMILES string of the molecule is O=C(C1CCN(c2cnc3cc(Cl)ccc3n2)CC1)N1CCSCC1. The molecule has 0 unspecified atom stereocenters. The fraction of sp³-hybridized carbons (Fsp3) is 0.500. The first-order valence-electron chi connectivity index (χ1n) is 8.74. The number of hydrogen-bond acceptors (Lipinski definition) is 5. The van der Waals surface area contributed by atoms with Gasteiger partial charge < -0.3 is 9.80 Å². The Hall–Kier alpha value is -1.53. The topological polar surface area (TPSA) is 49.3 Å². The van der Waals surface area contributed by atoms with Crippen LogP contribution < -0.4 is 4.90 Å². The van der Waals surface area contributed by atoms with Gasteiger partial charge in [0.2, 0.25) is 5.91 Å². The third kappa shape index (κ3) is 3.70. The summed E-state index contributed by atoms with van der Waals surface area (Å²) in [7, 11) is 0. The summed E-state index contributed by atoms with van der Waals surface area (Å²) in [5.74, 6) is 3.53. The van der Waals surface area contributed by atoms with Gasteiger partial charge >= 0.3 is 0 Å². The van der Waals surface area contributed by atoms with E-state index in [1.807, 2.05) is 36.2 Å². The number of thioether (sulfide) groups is 1. The molecule has 0 aliphatic carbocycles. The van der Waals surface area contributed by atoms with E-state index in [1.165, 1.54) is 0 Å². The van der Waals surface area contributed by atoms with Gasteiger partial charge in [0.1, 0.15) is 5.82 Å². The van der Waals surface area contributed by atoms with Crippen molar-refractivity contribution < 1.29 is 4.79 Å². The molecule has 0 N–H and O–H groups in total. The van der Waals surface area contributed by atoms with E-state index in [2.05, 4.69) is 14.8 Å². The molecule has 2 aliphatic rings. The predicted molar refractivity (Wildman–Crippen MR) is 103 cm³/mol. The molecule has 4 rings (SSSR count). The summed E-state index contributed by atoms with van der Waals surface area (Å²) < 4.78 is 0. The number of carbonyl (C=O) groups excluding carboxylic acids is 1. The molecule has 0 saturated carbocycles. The van der Waals surface area contributed by atoms with Gasteiger partial charge in [-0.25, -0.2) is 4.98 Å². The maximum Gasteiger partial charge on any atom is 0.225 e. The Bertz CT molecular complexity index is 773. The fourth-order valence-electron chi connectivity index (χ4n) is 3.52. The first kappa shape index (κ1) is 16.9. The Morgan fingerprint density at radius 2 is 1.88 bits per heavy atom. The molecule has 2 aliphatic heterocycles. The van der Waals surface area contributed by atoms with Crippen LogP contribution in [0.1, 0.15) is 12.8 Å². The van der Waals surface area contributed by atoms with Crippen molar-refractivity contribution in [3.8, 4) is 0 Å². The van der Waals surface area contributed by atoms with Gasteiger partial charge in [-0.1, -0.05) is 11.6 Å². The number of halogens is 1. The van der Waals surface area contributed by atoms with Crippen molar-refractivity contribution in [2.45, 2.75) is 12.8 Å². The van der Waals surface area contributed by atoms with E-state index in [9.17, 15) is 4.79 Å². The lowest BCUT2D eigenvalue weighted by atomic mass is 9.95. The number of hydrogen-bond donors (Lipinski definition) is 0. The second-order valence-electron chi connectivity index (χ2n) is 6.56. The second-order valence-corrected chi connectivity index (χ2v) is 8.22. The molecule has 0 radical (unpaired) electrons. The Balaban J connectivity index is 1.41. The monoisotopic (exact) mass is 376 g/mol. The summed E-state index contributed by atoms with van der Waals surface area (Å²) in [6, 6.07) is 5.57. The molecule has 2 aromatic rings. The summed E-state index contributed by atoms with van der Waals surface area (Å²) in [6.07, 6.45) is 3.59. The van der Waals surface area contributed by atoms with E-state index in [4.69, 9.17) is 16.6 Å². The van der Waals surface area contributed by atoms with Gasteiger partial charge in [0.15, 0.2) is 0 Å². The molecular formula is C18H21ClN4OS. The summed E-state index contributed by atoms with van der Waals surface area (Å²) in [5, 5.41) is 0.671. The smallest absolute Gasteiger partial charge is 0.225 e. The summed E-state index contributed by atoms with van der Waals surface area (Å²) in [5.41, 5.74) is 1.66. The van der Waals surface area contributed by atoms with E-state index < -0.39 is 0 Å². The van der Waals surface area contributed by atoms with Gasteiger partial charge in [-0.15, -0.1) is 0 Å². The fourth-order valence-corrected chi connectivity index (χ4v) is 4.59. The molecule has 1 amide bonds. The molecule has 0 bridgehead atoms. The summed E-state index contributed by atoms with van der Waals surface area (Å²) >= 11 is 7.94. The third-order valence-electron chi connectivity index (χ3n) is 4.98. The molecule has 2 saturated heterocycles. The van der Waals surface area contributed by atoms with E-state index in [0.717, 1.165) is 67.4 Å². The van der Waals surface area contributed by atoms with Crippen LogP contribution in [0, 0.1) is 5.92 Å². The highest BCUT2D eigenvalue weighted by Gasteiger charge is 2.29. The molecule has 132 valence electrons. The highest BCUT2D eigenvalue weighted by molar-refractivity contribution is 7.99. The number of fused-ring (bicyclic) bond motifs is 1. The Morgan fingerprint density at radius 1 is 1.12 bits per heavy atom. The number of piperidine rings is 1. The standard InChI is InChI=1S/C18H21ClN4OS/c19-14-1-2-15-16(11-14)20-12-17(21-15)22-5-3-13(4-6-22)18(24)23-7-9-25-10-8-23/h1-2,11-13H,3-10H2. The minimum Gasteiger partial charge on any atom is -0.355 e. The largest absolute Gasteiger partial charge is 0.355 e. The summed E-state index contributed by atoms with van der Waals surface area (Å²) in [4.78, 5) is 26.1. The van der Waals surface area contributed by atoms with Gasteiger partial charge in [0.25, 0.3) is 0 Å². The van der Waals surface area contributed by atoms with Crippen LogP contribution in [0.25, 0.3) is 11.0 Å². The van der Waals surface area contributed by atoms with Gasteiger partial charge in [-0.3, -0.25) is 9.78 Å². The van der Waals surface area contributed by atoms with Gasteiger partial charge in [-0.2, -0.15) is 11.8 Å². The zero-order valence-corrected chi connectivity index (χ0v) is 15.6. The molecule has 0 atom stereocenters. The molecule has 5 nitrogen and oxygen atoms in total. The minimum absolute atomic E-state index is 0.159. The molecule has 7 heteroatoms. The lowest BCUT2D eigenvalue weighted by Gasteiger charge is -2.35. The number of nitrogens with zero attached hydrogens (tertiary/aromatic N) is 4. The van der Waals surface area contributed by atoms with Crippen molar-refractivity contribution in [1.29, 1.82) is 0 Å². The number of amides is 1. The number of aromatic nitrogens is 2. The second kappa shape index (κ2) is 7.38. The third-order valence-corrected chi connectivity index (χ3v) is 6.16. The van der Waals surface area contributed by atoms with Crippen LogP contribution in [0.4, 0.5) is 5.82 Å². The lowest BCUT2D eigenvalue weighted by molar-refractivity contribution is -0.135. The Kier molecular flexibility index (Phi) is 4.99. The molecule has 25 heavy (non-hydrogen) atoms. The molecule has 3 heterocycles. The highest BCUT2D eigenvalue weighted by Crippen LogP contribution is 2.26. The van der Waals surface area contributed by atoms with Gasteiger partial charge in [0, 0.05) is 48.6 Å². The normalized spacial score (nSPS) is 19.4. The van der Waals surface area contributed by atoms with Gasteiger partial charge in [0.05, 0.1) is 17.2 Å². The van der Waals surface area contributed by atoms with Crippen LogP contribution in [-0.2, 0) is 4.79 Å². The number of rotatable bonds is 2.